The molecule has 2 aromatic carbocycles. The lowest BCUT2D eigenvalue weighted by Gasteiger charge is -2.28. The second-order valence-electron chi connectivity index (χ2n) is 7.95. The predicted octanol–water partition coefficient (Wildman–Crippen LogP) is 2.60. The minimum absolute atomic E-state index is 0.0331. The second kappa shape index (κ2) is 9.55. The highest BCUT2D eigenvalue weighted by Crippen LogP contribution is 2.27. The molecule has 162 valence electrons. The van der Waals surface area contributed by atoms with Crippen molar-refractivity contribution < 1.29 is 23.9 Å². The summed E-state index contributed by atoms with van der Waals surface area (Å²) in [7, 11) is 1.25. The fourth-order valence-corrected chi connectivity index (χ4v) is 3.72. The zero-order valence-electron chi connectivity index (χ0n) is 17.8. The van der Waals surface area contributed by atoms with Crippen LogP contribution in [-0.2, 0) is 20.7 Å². The molecule has 1 aliphatic heterocycles. The monoisotopic (exact) mass is 422 g/mol. The van der Waals surface area contributed by atoms with E-state index < -0.39 is 35.8 Å². The van der Waals surface area contributed by atoms with E-state index in [1.54, 1.807) is 24.3 Å². The quantitative estimate of drug-likeness (QED) is 0.521. The largest absolute Gasteiger partial charge is 0.467 e. The second-order valence-corrected chi connectivity index (χ2v) is 7.95. The van der Waals surface area contributed by atoms with Crippen LogP contribution in [0, 0.1) is 5.92 Å². The fraction of sp³-hybridized carbons (Fsp3) is 0.333. The van der Waals surface area contributed by atoms with Crippen LogP contribution in [0.2, 0.25) is 0 Å². The van der Waals surface area contributed by atoms with Crippen LogP contribution in [-0.4, -0.2) is 47.8 Å². The molecular weight excluding hydrogens is 396 g/mol. The first-order valence-corrected chi connectivity index (χ1v) is 10.2. The zero-order valence-corrected chi connectivity index (χ0v) is 17.8. The van der Waals surface area contributed by atoms with Gasteiger partial charge < -0.3 is 10.1 Å². The average Bonchev–Trinajstić information content (AvgIpc) is 3.02. The van der Waals surface area contributed by atoms with Crippen LogP contribution in [0.4, 0.5) is 0 Å². The van der Waals surface area contributed by atoms with Gasteiger partial charge in [-0.25, -0.2) is 4.79 Å². The topological polar surface area (TPSA) is 92.8 Å². The maximum Gasteiger partial charge on any atom is 0.328 e. The molecule has 31 heavy (non-hydrogen) atoms. The predicted molar refractivity (Wildman–Crippen MR) is 114 cm³/mol. The molecule has 0 unspecified atom stereocenters. The van der Waals surface area contributed by atoms with Crippen molar-refractivity contribution in [2.24, 2.45) is 5.92 Å². The first-order valence-electron chi connectivity index (χ1n) is 10.2. The number of carbonyl (C=O) groups excluding carboxylic acids is 4. The Morgan fingerprint density at radius 2 is 1.48 bits per heavy atom. The molecular formula is C24H26N2O5. The molecule has 0 fully saturated rings. The number of hydrogen-bond donors (Lipinski definition) is 1. The number of nitrogens with one attached hydrogen (secondary N) is 1. The van der Waals surface area contributed by atoms with Gasteiger partial charge in [0.25, 0.3) is 11.8 Å². The smallest absolute Gasteiger partial charge is 0.328 e. The minimum atomic E-state index is -1.03. The van der Waals surface area contributed by atoms with E-state index in [2.05, 4.69) is 5.32 Å². The van der Waals surface area contributed by atoms with E-state index >= 15 is 0 Å². The van der Waals surface area contributed by atoms with E-state index in [4.69, 9.17) is 4.74 Å². The van der Waals surface area contributed by atoms with Crippen molar-refractivity contribution in [2.45, 2.75) is 38.8 Å². The Kier molecular flexibility index (Phi) is 6.84. The van der Waals surface area contributed by atoms with Gasteiger partial charge in [0.1, 0.15) is 12.1 Å². The first-order chi connectivity index (χ1) is 14.8. The van der Waals surface area contributed by atoms with E-state index in [0.29, 0.717) is 0 Å². The van der Waals surface area contributed by atoms with Crippen LogP contribution in [0.5, 0.6) is 0 Å². The van der Waals surface area contributed by atoms with Crippen molar-refractivity contribution in [2.75, 3.05) is 7.11 Å². The summed E-state index contributed by atoms with van der Waals surface area (Å²) in [6.07, 6.45) is 0.506. The molecule has 1 heterocycles. The van der Waals surface area contributed by atoms with Crippen molar-refractivity contribution in [3.63, 3.8) is 0 Å². The third kappa shape index (κ3) is 4.82. The number of esters is 1. The third-order valence-corrected chi connectivity index (χ3v) is 5.22. The van der Waals surface area contributed by atoms with Gasteiger partial charge in [-0.2, -0.15) is 0 Å². The van der Waals surface area contributed by atoms with E-state index in [-0.39, 0.29) is 29.9 Å². The normalized spacial score (nSPS) is 14.9. The molecule has 0 aliphatic carbocycles. The molecule has 0 spiro atoms. The van der Waals surface area contributed by atoms with Crippen LogP contribution in [0.3, 0.4) is 0 Å². The van der Waals surface area contributed by atoms with Crippen LogP contribution in [0.25, 0.3) is 0 Å². The molecule has 2 atom stereocenters. The lowest BCUT2D eigenvalue weighted by atomic mass is 10.00. The molecule has 1 N–H and O–H groups in total. The first kappa shape index (κ1) is 22.2. The van der Waals surface area contributed by atoms with Gasteiger partial charge in [-0.3, -0.25) is 19.3 Å². The lowest BCUT2D eigenvalue weighted by Crippen LogP contribution is -2.54. The standard InChI is InChI=1S/C24H26N2O5/c1-15(2)13-20(26-22(28)17-11-7-8-12-18(17)23(26)29)21(27)25-19(24(30)31-3)14-16-9-5-4-6-10-16/h4-12,15,19-20H,13-14H2,1-3H3,(H,25,27)/t19-,20-/m1/s1. The van der Waals surface area contributed by atoms with Gasteiger partial charge in [-0.1, -0.05) is 56.3 Å². The maximum absolute atomic E-state index is 13.3. The van der Waals surface area contributed by atoms with Crippen molar-refractivity contribution in [1.82, 2.24) is 10.2 Å². The van der Waals surface area contributed by atoms with Crippen LogP contribution in [0.1, 0.15) is 46.5 Å². The van der Waals surface area contributed by atoms with Gasteiger partial charge >= 0.3 is 5.97 Å². The number of methoxy groups -OCH3 is 1. The van der Waals surface area contributed by atoms with E-state index in [1.807, 2.05) is 44.2 Å². The summed E-state index contributed by atoms with van der Waals surface area (Å²) in [5.74, 6) is -2.12. The van der Waals surface area contributed by atoms with Crippen molar-refractivity contribution in [3.05, 3.63) is 71.3 Å². The molecule has 0 saturated carbocycles. The summed E-state index contributed by atoms with van der Waals surface area (Å²) in [5.41, 5.74) is 1.41. The number of benzene rings is 2. The summed E-state index contributed by atoms with van der Waals surface area (Å²) >= 11 is 0. The zero-order chi connectivity index (χ0) is 22.5. The summed E-state index contributed by atoms with van der Waals surface area (Å²) in [6, 6.07) is 13.8. The van der Waals surface area contributed by atoms with E-state index in [1.165, 1.54) is 7.11 Å². The number of amides is 3. The molecule has 2 aromatic rings. The summed E-state index contributed by atoms with van der Waals surface area (Å²) in [5, 5.41) is 2.71. The number of fused-ring (bicyclic) bond motifs is 1. The van der Waals surface area contributed by atoms with E-state index in [0.717, 1.165) is 10.5 Å². The van der Waals surface area contributed by atoms with Gasteiger partial charge in [0.05, 0.1) is 18.2 Å². The van der Waals surface area contributed by atoms with Crippen molar-refractivity contribution >= 4 is 23.7 Å². The number of carbonyl (C=O) groups is 4. The summed E-state index contributed by atoms with van der Waals surface area (Å²) < 4.78 is 4.86. The highest BCUT2D eigenvalue weighted by Gasteiger charge is 2.43. The molecule has 0 bridgehead atoms. The molecule has 3 rings (SSSR count). The Hall–Kier alpha value is -3.48. The molecule has 0 aromatic heterocycles. The third-order valence-electron chi connectivity index (χ3n) is 5.22. The Morgan fingerprint density at radius 1 is 0.935 bits per heavy atom. The number of imide groups is 1. The highest BCUT2D eigenvalue weighted by atomic mass is 16.5. The van der Waals surface area contributed by atoms with Crippen LogP contribution < -0.4 is 5.32 Å². The average molecular weight is 422 g/mol. The molecule has 1 aliphatic rings. The maximum atomic E-state index is 13.3. The fourth-order valence-electron chi connectivity index (χ4n) is 3.72. The molecule has 7 heteroatoms. The van der Waals surface area contributed by atoms with Gasteiger partial charge in [-0.05, 0) is 30.0 Å². The van der Waals surface area contributed by atoms with Gasteiger partial charge in [0.2, 0.25) is 5.91 Å². The van der Waals surface area contributed by atoms with Crippen LogP contribution >= 0.6 is 0 Å². The summed E-state index contributed by atoms with van der Waals surface area (Å²) in [6.45, 7) is 3.81. The Balaban J connectivity index is 1.86. The Labute approximate surface area is 181 Å². The van der Waals surface area contributed by atoms with Crippen LogP contribution in [0.15, 0.2) is 54.6 Å². The molecule has 0 radical (unpaired) electrons. The van der Waals surface area contributed by atoms with E-state index in [9.17, 15) is 19.2 Å². The number of nitrogens with zero attached hydrogens (tertiary/aromatic N) is 1. The Morgan fingerprint density at radius 3 is 2.00 bits per heavy atom. The van der Waals surface area contributed by atoms with Gasteiger partial charge in [0.15, 0.2) is 0 Å². The number of rotatable bonds is 8. The molecule has 0 saturated heterocycles. The molecule has 7 nitrogen and oxygen atoms in total. The van der Waals surface area contributed by atoms with Gasteiger partial charge in [0, 0.05) is 6.42 Å². The minimum Gasteiger partial charge on any atom is -0.467 e. The number of ether oxygens (including phenoxy) is 1. The SMILES string of the molecule is COC(=O)[C@@H](Cc1ccccc1)NC(=O)[C@@H](CC(C)C)N1C(=O)c2ccccc2C1=O. The van der Waals surface area contributed by atoms with Gasteiger partial charge in [-0.15, -0.1) is 0 Å². The van der Waals surface area contributed by atoms with Crippen molar-refractivity contribution in [3.8, 4) is 0 Å². The highest BCUT2D eigenvalue weighted by molar-refractivity contribution is 6.22. The molecule has 3 amide bonds. The number of hydrogen-bond acceptors (Lipinski definition) is 5. The van der Waals surface area contributed by atoms with Crippen molar-refractivity contribution in [1.29, 1.82) is 0 Å². The lowest BCUT2D eigenvalue weighted by molar-refractivity contribution is -0.145. The summed E-state index contributed by atoms with van der Waals surface area (Å²) in [4.78, 5) is 52.5. The Bertz CT molecular complexity index is 951.